The highest BCUT2D eigenvalue weighted by Crippen LogP contribution is 2.53. The van der Waals surface area contributed by atoms with E-state index in [1.165, 1.54) is 36.4 Å². The minimum Gasteiger partial charge on any atom is -0.458 e. The van der Waals surface area contributed by atoms with E-state index in [4.69, 9.17) is 9.47 Å². The second kappa shape index (κ2) is 25.2. The summed E-state index contributed by atoms with van der Waals surface area (Å²) in [5, 5.41) is 4.24. The van der Waals surface area contributed by atoms with Crippen LogP contribution in [-0.2, 0) is 0 Å². The van der Waals surface area contributed by atoms with Crippen LogP contribution < -0.4 is 83.1 Å². The second-order valence-corrected chi connectivity index (χ2v) is 31.1. The Kier molecular flexibility index (Phi) is 14.1. The summed E-state index contributed by atoms with van der Waals surface area (Å²) in [7, 11) is 0. The molecule has 552 valence electrons. The number of halogens is 4. The van der Waals surface area contributed by atoms with E-state index in [1.54, 1.807) is 9.80 Å². The second-order valence-electron chi connectivity index (χ2n) is 31.1. The fraction of sp³-hybridized carbons (Fsp3) is 0. The van der Waals surface area contributed by atoms with Crippen molar-refractivity contribution in [2.75, 3.05) is 24.5 Å². The Morgan fingerprint density at radius 2 is 0.517 bits per heavy atom. The molecule has 17 aromatic carbocycles. The molecule has 0 N–H and O–H groups in total. The molecule has 2 aromatic heterocycles. The van der Waals surface area contributed by atoms with Gasteiger partial charge in [0.25, 0.3) is 20.1 Å². The summed E-state index contributed by atoms with van der Waals surface area (Å²) in [5.41, 5.74) is 22.5. The number of hydrogen-bond donors (Lipinski definition) is 0. The van der Waals surface area contributed by atoms with Gasteiger partial charge in [-0.3, -0.25) is 0 Å². The Bertz CT molecular complexity index is 6950. The molecular weight excluding hydrogens is 1460 g/mol. The largest absolute Gasteiger partial charge is 0.458 e. The molecule has 0 saturated heterocycles. The van der Waals surface area contributed by atoms with Crippen LogP contribution in [0.3, 0.4) is 0 Å². The summed E-state index contributed by atoms with van der Waals surface area (Å²) in [6.07, 6.45) is 0. The normalized spacial score (nSPS) is 13.1. The van der Waals surface area contributed by atoms with Crippen molar-refractivity contribution in [3.63, 3.8) is 0 Å². The molecule has 0 amide bonds. The van der Waals surface area contributed by atoms with Crippen LogP contribution in [0.4, 0.5) is 103 Å². The van der Waals surface area contributed by atoms with E-state index in [0.29, 0.717) is 51.4 Å². The van der Waals surface area contributed by atoms with Gasteiger partial charge >= 0.3 is 0 Å². The summed E-state index contributed by atoms with van der Waals surface area (Å²) in [5.74, 6) is -1.15. The van der Waals surface area contributed by atoms with Crippen molar-refractivity contribution >= 4 is 198 Å². The van der Waals surface area contributed by atoms with Crippen LogP contribution in [-0.4, -0.2) is 29.3 Å². The first-order valence-electron chi connectivity index (χ1n) is 39.7. The van der Waals surface area contributed by atoms with Crippen LogP contribution in [0.25, 0.3) is 55.0 Å². The van der Waals surface area contributed by atoms with Gasteiger partial charge in [-0.05, 0) is 177 Å². The molecule has 0 saturated carbocycles. The van der Waals surface area contributed by atoms with Crippen molar-refractivity contribution in [2.45, 2.75) is 0 Å². The zero-order valence-electron chi connectivity index (χ0n) is 62.8. The minimum absolute atomic E-state index is 0.254. The highest BCUT2D eigenvalue weighted by atomic mass is 19.1. The molecule has 118 heavy (non-hydrogen) atoms. The summed E-state index contributed by atoms with van der Waals surface area (Å²) in [6.45, 7) is -1.80. The monoisotopic (exact) mass is 1520 g/mol. The lowest BCUT2D eigenvalue weighted by Gasteiger charge is -2.43. The molecule has 0 aliphatic carbocycles. The first kappa shape index (κ1) is 66.3. The van der Waals surface area contributed by atoms with Crippen LogP contribution >= 0.6 is 0 Å². The Morgan fingerprint density at radius 3 is 0.873 bits per heavy atom. The lowest BCUT2D eigenvalue weighted by molar-refractivity contribution is 0.465. The number of anilines is 15. The van der Waals surface area contributed by atoms with Gasteiger partial charge in [0.1, 0.15) is 57.6 Å². The van der Waals surface area contributed by atoms with E-state index >= 15 is 17.6 Å². The van der Waals surface area contributed by atoms with Gasteiger partial charge in [-0.2, -0.15) is 0 Å². The maximum absolute atomic E-state index is 18.1. The van der Waals surface area contributed by atoms with Gasteiger partial charge in [-0.15, -0.1) is 0 Å². The molecule has 25 rings (SSSR count). The molecule has 6 aliphatic rings. The summed E-state index contributed by atoms with van der Waals surface area (Å²) < 4.78 is 92.5. The Labute approximate surface area is 676 Å². The fourth-order valence-electron chi connectivity index (χ4n) is 20.3. The molecule has 19 aromatic rings. The van der Waals surface area contributed by atoms with Gasteiger partial charge in [-0.1, -0.05) is 206 Å². The van der Waals surface area contributed by atoms with Crippen LogP contribution in [0.2, 0.25) is 0 Å². The van der Waals surface area contributed by atoms with E-state index in [-0.39, 0.29) is 11.4 Å². The SMILES string of the molecule is Fc1cccc(F)c1N1c2cc3c(cc2B2c4c1cc(N(c1ccccc1)c1ccccc1)cc4-n1c4ccccc4c4cccc2c41)B1c2cc4c(cc2Oc2cc(N(c5ccccc5)c5ccccc5)cc(c21)O3)N(c1c(F)cccc1F)c1cc(N(c2ccccc2)c2ccccc2)cc2c1B4c1cccc3c4ccccc4n-2c13. The molecule has 16 heteroatoms. The molecule has 0 spiro atoms. The quantitative estimate of drug-likeness (QED) is 0.0944. The molecule has 0 fully saturated rings. The van der Waals surface area contributed by atoms with Crippen molar-refractivity contribution in [3.8, 4) is 34.4 Å². The zero-order valence-corrected chi connectivity index (χ0v) is 62.8. The summed E-state index contributed by atoms with van der Waals surface area (Å²) >= 11 is 0. The van der Waals surface area contributed by atoms with E-state index in [9.17, 15) is 0 Å². The third-order valence-corrected chi connectivity index (χ3v) is 24.9. The molecular formula is C102H60B3F4N7O2. The average Bonchev–Trinajstić information content (AvgIpc) is 1.50. The third-order valence-electron chi connectivity index (χ3n) is 24.9. The van der Waals surface area contributed by atoms with Gasteiger partial charge in [0.05, 0.1) is 28.1 Å². The number of rotatable bonds is 11. The van der Waals surface area contributed by atoms with Crippen molar-refractivity contribution in [3.05, 3.63) is 387 Å². The number of benzene rings is 17. The third kappa shape index (κ3) is 9.41. The predicted molar refractivity (Wildman–Crippen MR) is 475 cm³/mol. The molecule has 9 nitrogen and oxygen atoms in total. The van der Waals surface area contributed by atoms with Crippen molar-refractivity contribution in [2.24, 2.45) is 0 Å². The number of para-hydroxylation sites is 12. The van der Waals surface area contributed by atoms with E-state index in [2.05, 4.69) is 230 Å². The first-order valence-corrected chi connectivity index (χ1v) is 39.7. The van der Waals surface area contributed by atoms with E-state index < -0.39 is 43.4 Å². The Morgan fingerprint density at radius 1 is 0.220 bits per heavy atom. The van der Waals surface area contributed by atoms with Crippen molar-refractivity contribution < 1.29 is 27.0 Å². The van der Waals surface area contributed by atoms with Gasteiger partial charge in [0.2, 0.25) is 0 Å². The maximum atomic E-state index is 18.1. The van der Waals surface area contributed by atoms with Crippen molar-refractivity contribution in [1.29, 1.82) is 0 Å². The average molecular weight is 1520 g/mol. The van der Waals surface area contributed by atoms with Gasteiger partial charge in [-0.25, -0.2) is 17.6 Å². The number of fused-ring (bicyclic) bond motifs is 18. The first-order chi connectivity index (χ1) is 58.2. The predicted octanol–water partition coefficient (Wildman–Crippen LogP) is 20.8. The van der Waals surface area contributed by atoms with Gasteiger partial charge in [0.15, 0.2) is 0 Å². The van der Waals surface area contributed by atoms with Gasteiger partial charge < -0.3 is 43.1 Å². The summed E-state index contributed by atoms with van der Waals surface area (Å²) in [6, 6.07) is 121. The maximum Gasteiger partial charge on any atom is 0.260 e. The number of ether oxygens (including phenoxy) is 2. The van der Waals surface area contributed by atoms with Crippen LogP contribution in [0.15, 0.2) is 364 Å². The molecule has 0 bridgehead atoms. The molecule has 0 unspecified atom stereocenters. The highest BCUT2D eigenvalue weighted by molar-refractivity contribution is 7.04. The van der Waals surface area contributed by atoms with Gasteiger partial charge in [0, 0.05) is 131 Å². The van der Waals surface area contributed by atoms with Crippen molar-refractivity contribution in [1.82, 2.24) is 9.13 Å². The van der Waals surface area contributed by atoms with E-state index in [1.807, 2.05) is 121 Å². The number of nitrogens with zero attached hydrogens (tertiary/aromatic N) is 7. The zero-order chi connectivity index (χ0) is 77.9. The number of hydrogen-bond acceptors (Lipinski definition) is 7. The minimum atomic E-state index is -0.756. The van der Waals surface area contributed by atoms with Crippen LogP contribution in [0.5, 0.6) is 23.0 Å². The molecule has 0 radical (unpaired) electrons. The molecule has 0 atom stereocenters. The topological polar surface area (TPSA) is 44.5 Å². The number of aromatic nitrogens is 2. The van der Waals surface area contributed by atoms with E-state index in [0.717, 1.165) is 150 Å². The Hall–Kier alpha value is -15.1. The smallest absolute Gasteiger partial charge is 0.260 e. The van der Waals surface area contributed by atoms with Crippen LogP contribution in [0, 0.1) is 23.3 Å². The lowest BCUT2D eigenvalue weighted by Crippen LogP contribution is -2.65. The van der Waals surface area contributed by atoms with Crippen LogP contribution in [0.1, 0.15) is 0 Å². The molecule has 6 aliphatic heterocycles. The Balaban J connectivity index is 0.792. The highest BCUT2D eigenvalue weighted by Gasteiger charge is 2.51. The lowest BCUT2D eigenvalue weighted by atomic mass is 9.29. The standard InChI is InChI=1S/C102H60B3F4N7O2/c106-80-45-25-46-81(107)101(80)115-86-59-92-78(57-76(86)103-74-43-23-41-72-70-39-19-21-49-84(70)113(99(72)74)88-51-67(53-90(115)96(88)103)110(61-27-7-1-8-28-61)62-29-9-2-10-30-62)105-79-58-77-87(60-93(79)118-95-56-69(55-94(117-92)98(95)105)112(65-35-15-5-16-36-65)66-37-17-6-18-38-66)116(102-82(108)47-26-48-83(102)109)91-54-68(111(63-31-11-3-12-32-63)64-33-13-4-14-34-64)52-89-97(91)104(77)75-44-24-42-73-71-40-20-22-50-85(71)114(89)100(73)75/h1-60H. The summed E-state index contributed by atoms with van der Waals surface area (Å²) in [4.78, 5) is 10.2. The molecule has 8 heterocycles. The fourth-order valence-corrected chi connectivity index (χ4v) is 20.3.